The molecule has 1 aliphatic rings. The van der Waals surface area contributed by atoms with Crippen LogP contribution < -0.4 is 10.6 Å². The van der Waals surface area contributed by atoms with Crippen LogP contribution in [0, 0.1) is 0 Å². The van der Waals surface area contributed by atoms with Gasteiger partial charge in [-0.25, -0.2) is 0 Å². The number of hydrogen-bond acceptors (Lipinski definition) is 3. The van der Waals surface area contributed by atoms with E-state index < -0.39 is 5.54 Å². The minimum atomic E-state index is -1.06. The predicted octanol–water partition coefficient (Wildman–Crippen LogP) is 4.34. The number of hydrogen-bond donors (Lipinski definition) is 2. The van der Waals surface area contributed by atoms with Gasteiger partial charge in [-0.3, -0.25) is 9.59 Å². The fourth-order valence-corrected chi connectivity index (χ4v) is 4.20. The SMILES string of the molecule is CC(C)(NC(=O)c1ccc(Cl)s1)C(=O)Nc1ccc2c(c1)CC[N+](C)(C)CC2.I. The molecule has 0 atom stereocenters. The van der Waals surface area contributed by atoms with Crippen molar-refractivity contribution >= 4 is 64.4 Å². The van der Waals surface area contributed by atoms with Crippen LogP contribution in [-0.4, -0.2) is 49.0 Å². The maximum Gasteiger partial charge on any atom is 0.262 e. The number of likely N-dealkylation sites (N-methyl/N-ethyl adjacent to an activating group) is 1. The topological polar surface area (TPSA) is 58.2 Å². The highest BCUT2D eigenvalue weighted by Crippen LogP contribution is 2.24. The monoisotopic (exact) mass is 548 g/mol. The van der Waals surface area contributed by atoms with Crippen molar-refractivity contribution in [2.24, 2.45) is 0 Å². The first-order valence-corrected chi connectivity index (χ1v) is 10.6. The molecule has 5 nitrogen and oxygen atoms in total. The summed E-state index contributed by atoms with van der Waals surface area (Å²) in [6.45, 7) is 5.58. The second kappa shape index (κ2) is 9.32. The Balaban J connectivity index is 0.00000300. The van der Waals surface area contributed by atoms with Crippen LogP contribution in [0.2, 0.25) is 4.34 Å². The summed E-state index contributed by atoms with van der Waals surface area (Å²) in [5.41, 5.74) is 2.34. The lowest BCUT2D eigenvalue weighted by molar-refractivity contribution is -0.889. The average Bonchev–Trinajstić information content (AvgIpc) is 2.99. The van der Waals surface area contributed by atoms with E-state index in [9.17, 15) is 9.59 Å². The van der Waals surface area contributed by atoms with Gasteiger partial charge in [-0.1, -0.05) is 17.7 Å². The van der Waals surface area contributed by atoms with Crippen LogP contribution in [0.3, 0.4) is 0 Å². The molecule has 0 fully saturated rings. The van der Waals surface area contributed by atoms with Gasteiger partial charge in [-0.05, 0) is 49.2 Å². The van der Waals surface area contributed by atoms with Crippen molar-refractivity contribution in [2.75, 3.05) is 32.5 Å². The van der Waals surface area contributed by atoms with Crippen LogP contribution in [0.5, 0.6) is 0 Å². The Morgan fingerprint density at radius 2 is 1.72 bits per heavy atom. The molecule has 2 N–H and O–H groups in total. The first-order valence-electron chi connectivity index (χ1n) is 9.39. The average molecular weight is 549 g/mol. The molecule has 1 aliphatic heterocycles. The van der Waals surface area contributed by atoms with Gasteiger partial charge in [-0.15, -0.1) is 35.3 Å². The van der Waals surface area contributed by atoms with Crippen LogP contribution in [0.1, 0.15) is 34.6 Å². The third kappa shape index (κ3) is 6.16. The minimum Gasteiger partial charge on any atom is -0.337 e. The Morgan fingerprint density at radius 3 is 2.34 bits per heavy atom. The van der Waals surface area contributed by atoms with Gasteiger partial charge in [0.05, 0.1) is 36.4 Å². The first-order chi connectivity index (χ1) is 13.1. The molecule has 29 heavy (non-hydrogen) atoms. The van der Waals surface area contributed by atoms with E-state index in [1.165, 1.54) is 22.5 Å². The maximum atomic E-state index is 12.8. The van der Waals surface area contributed by atoms with Gasteiger partial charge in [-0.2, -0.15) is 0 Å². The van der Waals surface area contributed by atoms with E-state index in [0.717, 1.165) is 36.1 Å². The number of carbonyl (C=O) groups is 2. The Hall–Kier alpha value is -1.16. The molecule has 2 aromatic rings. The molecule has 0 saturated carbocycles. The number of anilines is 1. The Labute approximate surface area is 198 Å². The highest BCUT2D eigenvalue weighted by atomic mass is 127. The summed E-state index contributed by atoms with van der Waals surface area (Å²) in [6.07, 6.45) is 2.03. The van der Waals surface area contributed by atoms with Crippen molar-refractivity contribution in [3.8, 4) is 0 Å². The first kappa shape index (κ1) is 24.1. The van der Waals surface area contributed by atoms with E-state index in [2.05, 4.69) is 36.9 Å². The molecule has 0 radical (unpaired) electrons. The minimum absolute atomic E-state index is 0. The number of rotatable bonds is 4. The molecular formula is C21H28ClIN3O2S+. The number of nitrogens with one attached hydrogen (secondary N) is 2. The largest absolute Gasteiger partial charge is 0.337 e. The van der Waals surface area contributed by atoms with Crippen molar-refractivity contribution < 1.29 is 14.1 Å². The van der Waals surface area contributed by atoms with Crippen LogP contribution in [0.4, 0.5) is 5.69 Å². The van der Waals surface area contributed by atoms with Gasteiger partial charge in [0.1, 0.15) is 5.54 Å². The van der Waals surface area contributed by atoms with Gasteiger partial charge in [0.2, 0.25) is 5.91 Å². The van der Waals surface area contributed by atoms with E-state index in [1.54, 1.807) is 26.0 Å². The summed E-state index contributed by atoms with van der Waals surface area (Å²) in [5.74, 6) is -0.563. The van der Waals surface area contributed by atoms with E-state index in [4.69, 9.17) is 11.6 Å². The lowest BCUT2D eigenvalue weighted by Gasteiger charge is -2.27. The van der Waals surface area contributed by atoms with Gasteiger partial charge >= 0.3 is 0 Å². The summed E-state index contributed by atoms with van der Waals surface area (Å²) in [7, 11) is 4.50. The number of fused-ring (bicyclic) bond motifs is 1. The third-order valence-corrected chi connectivity index (χ3v) is 6.46. The number of thiophene rings is 1. The predicted molar refractivity (Wildman–Crippen MR) is 131 cm³/mol. The van der Waals surface area contributed by atoms with Crippen LogP contribution in [0.15, 0.2) is 30.3 Å². The zero-order valence-electron chi connectivity index (χ0n) is 17.2. The Morgan fingerprint density at radius 1 is 1.07 bits per heavy atom. The zero-order valence-corrected chi connectivity index (χ0v) is 21.1. The molecule has 0 spiro atoms. The van der Waals surface area contributed by atoms with Crippen molar-refractivity contribution in [1.82, 2.24) is 5.32 Å². The molecule has 2 heterocycles. The Bertz CT molecular complexity index is 911. The summed E-state index contributed by atoms with van der Waals surface area (Å²) < 4.78 is 1.54. The second-order valence-corrected chi connectivity index (χ2v) is 10.2. The number of nitrogens with zero attached hydrogens (tertiary/aromatic N) is 1. The maximum absolute atomic E-state index is 12.8. The van der Waals surface area contributed by atoms with Crippen molar-refractivity contribution in [2.45, 2.75) is 32.2 Å². The van der Waals surface area contributed by atoms with Crippen molar-refractivity contribution in [3.05, 3.63) is 50.7 Å². The van der Waals surface area contributed by atoms with Crippen LogP contribution in [0.25, 0.3) is 0 Å². The quantitative estimate of drug-likeness (QED) is 0.441. The molecule has 0 aliphatic carbocycles. The summed E-state index contributed by atoms with van der Waals surface area (Å²) in [5, 5.41) is 5.74. The normalized spacial score (nSPS) is 15.5. The summed E-state index contributed by atoms with van der Waals surface area (Å²) >= 11 is 7.08. The smallest absolute Gasteiger partial charge is 0.262 e. The summed E-state index contributed by atoms with van der Waals surface area (Å²) in [6, 6.07) is 9.44. The molecule has 2 amide bonds. The van der Waals surface area contributed by atoms with Crippen LogP contribution in [-0.2, 0) is 17.6 Å². The van der Waals surface area contributed by atoms with Gasteiger partial charge < -0.3 is 15.1 Å². The molecule has 3 rings (SSSR count). The number of benzene rings is 1. The lowest BCUT2D eigenvalue weighted by Crippen LogP contribution is -2.52. The highest BCUT2D eigenvalue weighted by molar-refractivity contribution is 14.0. The van der Waals surface area contributed by atoms with Gasteiger partial charge in [0, 0.05) is 18.5 Å². The highest BCUT2D eigenvalue weighted by Gasteiger charge is 2.30. The van der Waals surface area contributed by atoms with Crippen molar-refractivity contribution in [3.63, 3.8) is 0 Å². The van der Waals surface area contributed by atoms with E-state index in [-0.39, 0.29) is 35.8 Å². The third-order valence-electron chi connectivity index (χ3n) is 5.23. The fourth-order valence-electron chi connectivity index (χ4n) is 3.26. The van der Waals surface area contributed by atoms with Gasteiger partial charge in [0.15, 0.2) is 0 Å². The number of amides is 2. The number of carbonyl (C=O) groups excluding carboxylic acids is 2. The summed E-state index contributed by atoms with van der Waals surface area (Å²) in [4.78, 5) is 25.7. The molecule has 1 aromatic carbocycles. The molecule has 8 heteroatoms. The molecule has 1 aromatic heterocycles. The number of quaternary nitrogens is 1. The Kier molecular flexibility index (Phi) is 7.75. The molecule has 0 bridgehead atoms. The van der Waals surface area contributed by atoms with E-state index >= 15 is 0 Å². The van der Waals surface area contributed by atoms with E-state index in [1.807, 2.05) is 6.07 Å². The van der Waals surface area contributed by atoms with E-state index in [0.29, 0.717) is 9.21 Å². The molecular weight excluding hydrogens is 521 g/mol. The van der Waals surface area contributed by atoms with Gasteiger partial charge in [0.25, 0.3) is 5.91 Å². The fraction of sp³-hybridized carbons (Fsp3) is 0.429. The zero-order chi connectivity index (χ0) is 20.5. The lowest BCUT2D eigenvalue weighted by atomic mass is 10.0. The second-order valence-electron chi connectivity index (χ2n) is 8.50. The molecule has 0 saturated heterocycles. The molecule has 0 unspecified atom stereocenters. The van der Waals surface area contributed by atoms with Crippen LogP contribution >= 0.6 is 46.9 Å². The standard InChI is InChI=1S/C21H26ClN3O2S.HI/c1-21(2,24-19(26)17-7-8-18(22)28-17)20(27)23-16-6-5-14-9-11-25(3,4)12-10-15(14)13-16;/h5-8,13H,9-12H2,1-4H3,(H-,23,24,26,27);1H/p+1. The number of halogens is 2. The van der Waals surface area contributed by atoms with Crippen molar-refractivity contribution in [1.29, 1.82) is 0 Å². The molecule has 158 valence electrons.